The topological polar surface area (TPSA) is 23.8 Å². The van der Waals surface area contributed by atoms with E-state index in [2.05, 4.69) is 13.0 Å². The van der Waals surface area contributed by atoms with Crippen LogP contribution in [0.1, 0.15) is 86.0 Å². The van der Waals surface area contributed by atoms with Gasteiger partial charge in [0.05, 0.1) is 11.5 Å². The Morgan fingerprint density at radius 3 is 1.94 bits per heavy atom. The largest absolute Gasteiger partial charge is 0.198 e. The van der Waals surface area contributed by atoms with Crippen molar-refractivity contribution in [3.8, 4) is 6.07 Å². The first-order valence-corrected chi connectivity index (χ1v) is 8.17. The third kappa shape index (κ3) is 4.30. The van der Waals surface area contributed by atoms with Crippen LogP contribution in [0.25, 0.3) is 0 Å². The van der Waals surface area contributed by atoms with Gasteiger partial charge in [0.2, 0.25) is 0 Å². The van der Waals surface area contributed by atoms with Crippen molar-refractivity contribution in [2.75, 3.05) is 0 Å². The highest BCUT2D eigenvalue weighted by Gasteiger charge is 2.41. The molecule has 0 aromatic rings. The molecule has 0 saturated heterocycles. The number of hydrogen-bond donors (Lipinski definition) is 0. The maximum Gasteiger partial charge on any atom is 0.0689 e. The maximum absolute atomic E-state index is 9.36. The second-order valence-electron chi connectivity index (χ2n) is 5.43. The predicted molar refractivity (Wildman–Crippen MR) is 80.3 cm³/mol. The number of fused-ring (bicyclic) bond motifs is 1. The van der Waals surface area contributed by atoms with Crippen molar-refractivity contribution < 1.29 is 0 Å². The number of nitrogens with zero attached hydrogens (tertiary/aromatic N) is 1. The smallest absolute Gasteiger partial charge is 0.0689 e. The minimum Gasteiger partial charge on any atom is -0.198 e. The van der Waals surface area contributed by atoms with Crippen LogP contribution in [-0.4, -0.2) is 0 Å². The minimum absolute atomic E-state index is 0.00157. The van der Waals surface area contributed by atoms with Gasteiger partial charge in [-0.25, -0.2) is 0 Å². The van der Waals surface area contributed by atoms with E-state index in [4.69, 9.17) is 0 Å². The van der Waals surface area contributed by atoms with Crippen LogP contribution in [0.3, 0.4) is 0 Å². The van der Waals surface area contributed by atoms with E-state index in [-0.39, 0.29) is 5.41 Å². The number of hydrogen-bond acceptors (Lipinski definition) is 1. The van der Waals surface area contributed by atoms with E-state index in [1.54, 1.807) is 0 Å². The molecule has 2 rings (SSSR count). The molecule has 0 amide bonds. The molecule has 2 saturated carbocycles. The van der Waals surface area contributed by atoms with Gasteiger partial charge in [-0.2, -0.15) is 5.26 Å². The molecule has 3 atom stereocenters. The summed E-state index contributed by atoms with van der Waals surface area (Å²) in [6, 6.07) is 2.62. The molecule has 3 unspecified atom stereocenters. The number of rotatable bonds is 0. The Bertz CT molecular complexity index is 240. The molecule has 0 heterocycles. The quantitative estimate of drug-likeness (QED) is 0.522. The predicted octanol–water partition coefficient (Wildman–Crippen LogP) is 5.95. The summed E-state index contributed by atoms with van der Waals surface area (Å²) in [5.41, 5.74) is 0.00157. The first kappa shape index (κ1) is 17.5. The molecular weight excluding hydrogens is 218 g/mol. The molecule has 0 spiro atoms. The first-order chi connectivity index (χ1) is 8.76. The average molecular weight is 251 g/mol. The van der Waals surface area contributed by atoms with Crippen molar-refractivity contribution in [1.29, 1.82) is 5.26 Å². The summed E-state index contributed by atoms with van der Waals surface area (Å²) < 4.78 is 0. The van der Waals surface area contributed by atoms with Crippen LogP contribution in [0.5, 0.6) is 0 Å². The third-order valence-corrected chi connectivity index (χ3v) is 4.50. The van der Waals surface area contributed by atoms with E-state index in [1.165, 1.54) is 44.9 Å². The van der Waals surface area contributed by atoms with Gasteiger partial charge in [-0.05, 0) is 31.6 Å². The second-order valence-corrected chi connectivity index (χ2v) is 5.43. The molecule has 0 bridgehead atoms. The second kappa shape index (κ2) is 9.42. The summed E-state index contributed by atoms with van der Waals surface area (Å²) in [7, 11) is 0. The fraction of sp³-hybridized carbons (Fsp3) is 0.941. The van der Waals surface area contributed by atoms with Gasteiger partial charge in [0.25, 0.3) is 0 Å². The summed E-state index contributed by atoms with van der Waals surface area (Å²) in [6.07, 6.45) is 10.6. The van der Waals surface area contributed by atoms with Crippen LogP contribution in [0.2, 0.25) is 0 Å². The van der Waals surface area contributed by atoms with Crippen molar-refractivity contribution in [2.45, 2.75) is 86.0 Å². The lowest BCUT2D eigenvalue weighted by atomic mass is 9.64. The Balaban J connectivity index is 0.000000659. The SMILES string of the molecule is CC.CC.CC1(C#N)CCCCC2CCCCC21. The molecule has 0 N–H and O–H groups in total. The van der Waals surface area contributed by atoms with Gasteiger partial charge in [0.15, 0.2) is 0 Å². The van der Waals surface area contributed by atoms with E-state index in [0.717, 1.165) is 12.3 Å². The standard InChI is InChI=1S/C13H21N.2C2H6/c1-13(10-14)9-5-4-7-11-6-2-3-8-12(11)13;2*1-2/h11-12H,2-9H2,1H3;2*1-2H3. The maximum atomic E-state index is 9.36. The van der Waals surface area contributed by atoms with Crippen LogP contribution in [0.15, 0.2) is 0 Å². The highest BCUT2D eigenvalue weighted by Crippen LogP contribution is 2.48. The molecule has 2 aliphatic rings. The summed E-state index contributed by atoms with van der Waals surface area (Å²) in [5, 5.41) is 9.36. The first-order valence-electron chi connectivity index (χ1n) is 8.17. The monoisotopic (exact) mass is 251 g/mol. The molecule has 0 radical (unpaired) electrons. The van der Waals surface area contributed by atoms with Crippen molar-refractivity contribution in [3.05, 3.63) is 0 Å². The van der Waals surface area contributed by atoms with Crippen molar-refractivity contribution in [2.24, 2.45) is 17.3 Å². The van der Waals surface area contributed by atoms with Gasteiger partial charge in [-0.3, -0.25) is 0 Å². The third-order valence-electron chi connectivity index (χ3n) is 4.50. The molecule has 2 aliphatic carbocycles. The average Bonchev–Trinajstić information content (AvgIpc) is 2.64. The fourth-order valence-electron chi connectivity index (χ4n) is 3.61. The highest BCUT2D eigenvalue weighted by molar-refractivity contribution is 5.03. The molecule has 0 aliphatic heterocycles. The van der Waals surface area contributed by atoms with E-state index in [1.807, 2.05) is 27.7 Å². The molecule has 2 fully saturated rings. The Morgan fingerprint density at radius 1 is 0.889 bits per heavy atom. The van der Waals surface area contributed by atoms with Gasteiger partial charge in [0.1, 0.15) is 0 Å². The van der Waals surface area contributed by atoms with Crippen molar-refractivity contribution >= 4 is 0 Å². The van der Waals surface area contributed by atoms with Crippen molar-refractivity contribution in [1.82, 2.24) is 0 Å². The van der Waals surface area contributed by atoms with Crippen LogP contribution in [-0.2, 0) is 0 Å². The summed E-state index contributed by atoms with van der Waals surface area (Å²) in [5.74, 6) is 1.58. The molecular formula is C17H33N. The lowest BCUT2D eigenvalue weighted by Gasteiger charge is -2.38. The Kier molecular flexibility index (Phi) is 9.16. The summed E-state index contributed by atoms with van der Waals surface area (Å²) >= 11 is 0. The zero-order valence-corrected chi connectivity index (χ0v) is 13.3. The van der Waals surface area contributed by atoms with Crippen LogP contribution in [0, 0.1) is 28.6 Å². The molecule has 0 aromatic carbocycles. The van der Waals surface area contributed by atoms with Crippen LogP contribution < -0.4 is 0 Å². The van der Waals surface area contributed by atoms with Gasteiger partial charge in [-0.1, -0.05) is 66.2 Å². The lowest BCUT2D eigenvalue weighted by Crippen LogP contribution is -2.32. The zero-order chi connectivity index (χ0) is 14.0. The van der Waals surface area contributed by atoms with Gasteiger partial charge in [0, 0.05) is 0 Å². The molecule has 106 valence electrons. The van der Waals surface area contributed by atoms with Gasteiger partial charge < -0.3 is 0 Å². The molecule has 1 nitrogen and oxygen atoms in total. The Morgan fingerprint density at radius 2 is 1.39 bits per heavy atom. The number of nitriles is 1. The summed E-state index contributed by atoms with van der Waals surface area (Å²) in [4.78, 5) is 0. The van der Waals surface area contributed by atoms with E-state index in [0.29, 0.717) is 5.92 Å². The molecule has 18 heavy (non-hydrogen) atoms. The zero-order valence-electron chi connectivity index (χ0n) is 13.3. The Hall–Kier alpha value is -0.510. The van der Waals surface area contributed by atoms with Crippen molar-refractivity contribution in [3.63, 3.8) is 0 Å². The van der Waals surface area contributed by atoms with Crippen LogP contribution >= 0.6 is 0 Å². The highest BCUT2D eigenvalue weighted by atomic mass is 14.5. The van der Waals surface area contributed by atoms with E-state index in [9.17, 15) is 5.26 Å². The fourth-order valence-corrected chi connectivity index (χ4v) is 3.61. The minimum atomic E-state index is 0.00157. The van der Waals surface area contributed by atoms with E-state index >= 15 is 0 Å². The molecule has 0 aromatic heterocycles. The van der Waals surface area contributed by atoms with E-state index < -0.39 is 0 Å². The Labute approximate surface area is 115 Å². The normalized spacial score (nSPS) is 34.4. The molecule has 1 heteroatoms. The van der Waals surface area contributed by atoms with Gasteiger partial charge in [-0.15, -0.1) is 0 Å². The van der Waals surface area contributed by atoms with Gasteiger partial charge >= 0.3 is 0 Å². The lowest BCUT2D eigenvalue weighted by molar-refractivity contribution is 0.126. The summed E-state index contributed by atoms with van der Waals surface area (Å²) in [6.45, 7) is 10.2. The van der Waals surface area contributed by atoms with Crippen LogP contribution in [0.4, 0.5) is 0 Å².